The zero-order valence-electron chi connectivity index (χ0n) is 10.3. The van der Waals surface area contributed by atoms with Crippen molar-refractivity contribution in [2.24, 2.45) is 5.84 Å². The fourth-order valence-electron chi connectivity index (χ4n) is 1.92. The predicted molar refractivity (Wildman–Crippen MR) is 66.7 cm³/mol. The van der Waals surface area contributed by atoms with Gasteiger partial charge in [0.05, 0.1) is 6.04 Å². The molecule has 2 nitrogen and oxygen atoms in total. The molecule has 1 atom stereocenters. The second-order valence-electron chi connectivity index (χ2n) is 4.24. The highest BCUT2D eigenvalue weighted by Gasteiger charge is 2.21. The van der Waals surface area contributed by atoms with Crippen LogP contribution < -0.4 is 11.3 Å². The Hall–Kier alpha value is -1.85. The van der Waals surface area contributed by atoms with Gasteiger partial charge in [-0.05, 0) is 36.2 Å². The third-order valence-electron chi connectivity index (χ3n) is 2.98. The van der Waals surface area contributed by atoms with Crippen LogP contribution >= 0.6 is 0 Å². The molecule has 0 spiro atoms. The van der Waals surface area contributed by atoms with Crippen molar-refractivity contribution >= 4 is 0 Å². The van der Waals surface area contributed by atoms with Crippen molar-refractivity contribution in [2.75, 3.05) is 0 Å². The van der Waals surface area contributed by atoms with Gasteiger partial charge in [-0.15, -0.1) is 0 Å². The molecule has 2 aromatic rings. The largest absolute Gasteiger partial charge is 0.271 e. The van der Waals surface area contributed by atoms with Gasteiger partial charge in [0, 0.05) is 5.56 Å². The SMILES string of the molecule is Cc1ccc(C(NN)c2c(F)cccc2F)cc1F. The third-order valence-corrected chi connectivity index (χ3v) is 2.98. The molecule has 2 rings (SSSR count). The number of benzene rings is 2. The van der Waals surface area contributed by atoms with Gasteiger partial charge < -0.3 is 0 Å². The zero-order chi connectivity index (χ0) is 14.0. The van der Waals surface area contributed by atoms with Crippen LogP contribution in [0.4, 0.5) is 13.2 Å². The number of halogens is 3. The first-order valence-electron chi connectivity index (χ1n) is 5.70. The van der Waals surface area contributed by atoms with Crippen molar-refractivity contribution in [3.8, 4) is 0 Å². The van der Waals surface area contributed by atoms with Gasteiger partial charge in [0.2, 0.25) is 0 Å². The maximum Gasteiger partial charge on any atom is 0.131 e. The van der Waals surface area contributed by atoms with Crippen molar-refractivity contribution in [3.63, 3.8) is 0 Å². The summed E-state index contributed by atoms with van der Waals surface area (Å²) in [6.07, 6.45) is 0. The molecular weight excluding hydrogens is 253 g/mol. The molecule has 0 fully saturated rings. The van der Waals surface area contributed by atoms with Crippen LogP contribution in [0, 0.1) is 24.4 Å². The molecule has 100 valence electrons. The summed E-state index contributed by atoms with van der Waals surface area (Å²) < 4.78 is 41.0. The Kier molecular flexibility index (Phi) is 3.87. The second-order valence-corrected chi connectivity index (χ2v) is 4.24. The van der Waals surface area contributed by atoms with Crippen molar-refractivity contribution < 1.29 is 13.2 Å². The van der Waals surface area contributed by atoms with Crippen LogP contribution in [0.3, 0.4) is 0 Å². The van der Waals surface area contributed by atoms with Crippen LogP contribution in [0.2, 0.25) is 0 Å². The van der Waals surface area contributed by atoms with Crippen molar-refractivity contribution in [3.05, 3.63) is 70.5 Å². The summed E-state index contributed by atoms with van der Waals surface area (Å²) in [5, 5.41) is 0. The first kappa shape index (κ1) is 13.6. The fraction of sp³-hybridized carbons (Fsp3) is 0.143. The van der Waals surface area contributed by atoms with Crippen LogP contribution in [0.1, 0.15) is 22.7 Å². The molecule has 0 saturated heterocycles. The van der Waals surface area contributed by atoms with E-state index in [1.807, 2.05) is 0 Å². The average molecular weight is 266 g/mol. The highest BCUT2D eigenvalue weighted by atomic mass is 19.1. The van der Waals surface area contributed by atoms with E-state index in [1.165, 1.54) is 18.2 Å². The van der Waals surface area contributed by atoms with Crippen LogP contribution in [0.5, 0.6) is 0 Å². The number of hydrazine groups is 1. The van der Waals surface area contributed by atoms with E-state index in [2.05, 4.69) is 5.43 Å². The van der Waals surface area contributed by atoms with Gasteiger partial charge in [-0.25, -0.2) is 18.6 Å². The Morgan fingerprint density at radius 1 is 1.00 bits per heavy atom. The Morgan fingerprint density at radius 3 is 2.16 bits per heavy atom. The molecule has 0 aliphatic carbocycles. The van der Waals surface area contributed by atoms with E-state index in [0.717, 1.165) is 12.1 Å². The molecule has 2 aromatic carbocycles. The minimum Gasteiger partial charge on any atom is -0.271 e. The molecule has 0 amide bonds. The number of aryl methyl sites for hydroxylation is 1. The molecule has 0 aliphatic rings. The van der Waals surface area contributed by atoms with Gasteiger partial charge in [0.25, 0.3) is 0 Å². The summed E-state index contributed by atoms with van der Waals surface area (Å²) in [5.74, 6) is 3.44. The van der Waals surface area contributed by atoms with Crippen LogP contribution in [0.25, 0.3) is 0 Å². The summed E-state index contributed by atoms with van der Waals surface area (Å²) in [6.45, 7) is 1.60. The fourth-order valence-corrected chi connectivity index (χ4v) is 1.92. The standard InChI is InChI=1S/C14H13F3N2/c1-8-5-6-9(7-12(8)17)14(19-18)13-10(15)3-2-4-11(13)16/h2-7,14,19H,18H2,1H3. The van der Waals surface area contributed by atoms with Crippen LogP contribution in [-0.4, -0.2) is 0 Å². The maximum atomic E-state index is 13.7. The Labute approximate surface area is 109 Å². The molecule has 0 heterocycles. The predicted octanol–water partition coefficient (Wildman–Crippen LogP) is 2.97. The topological polar surface area (TPSA) is 38.0 Å². The monoisotopic (exact) mass is 266 g/mol. The minimum atomic E-state index is -0.948. The summed E-state index contributed by atoms with van der Waals surface area (Å²) >= 11 is 0. The number of hydrogen-bond acceptors (Lipinski definition) is 2. The van der Waals surface area contributed by atoms with E-state index >= 15 is 0 Å². The highest BCUT2D eigenvalue weighted by Crippen LogP contribution is 2.27. The van der Waals surface area contributed by atoms with Gasteiger partial charge in [-0.1, -0.05) is 18.2 Å². The number of nitrogens with two attached hydrogens (primary N) is 1. The van der Waals surface area contributed by atoms with E-state index in [4.69, 9.17) is 5.84 Å². The van der Waals surface area contributed by atoms with Crippen molar-refractivity contribution in [1.82, 2.24) is 5.43 Å². The molecule has 3 N–H and O–H groups in total. The molecule has 0 aliphatic heterocycles. The lowest BCUT2D eigenvalue weighted by Crippen LogP contribution is -2.30. The highest BCUT2D eigenvalue weighted by molar-refractivity contribution is 5.35. The lowest BCUT2D eigenvalue weighted by molar-refractivity contribution is 0.508. The van der Waals surface area contributed by atoms with E-state index in [-0.39, 0.29) is 5.56 Å². The molecule has 5 heteroatoms. The lowest BCUT2D eigenvalue weighted by Gasteiger charge is -2.18. The van der Waals surface area contributed by atoms with Gasteiger partial charge in [0.15, 0.2) is 0 Å². The molecule has 0 bridgehead atoms. The van der Waals surface area contributed by atoms with E-state index in [9.17, 15) is 13.2 Å². The van der Waals surface area contributed by atoms with Crippen molar-refractivity contribution in [2.45, 2.75) is 13.0 Å². The maximum absolute atomic E-state index is 13.7. The molecule has 19 heavy (non-hydrogen) atoms. The van der Waals surface area contributed by atoms with E-state index in [1.54, 1.807) is 13.0 Å². The molecule has 0 aromatic heterocycles. The number of hydrogen-bond donors (Lipinski definition) is 2. The quantitative estimate of drug-likeness (QED) is 0.662. The third kappa shape index (κ3) is 2.62. The van der Waals surface area contributed by atoms with E-state index < -0.39 is 23.5 Å². The van der Waals surface area contributed by atoms with Gasteiger partial charge in [-0.2, -0.15) is 0 Å². The average Bonchev–Trinajstić information content (AvgIpc) is 2.37. The zero-order valence-corrected chi connectivity index (χ0v) is 10.3. The smallest absolute Gasteiger partial charge is 0.131 e. The lowest BCUT2D eigenvalue weighted by atomic mass is 9.97. The van der Waals surface area contributed by atoms with Gasteiger partial charge in [0.1, 0.15) is 17.5 Å². The molecule has 0 saturated carbocycles. The van der Waals surface area contributed by atoms with Crippen LogP contribution in [-0.2, 0) is 0 Å². The van der Waals surface area contributed by atoms with Crippen LogP contribution in [0.15, 0.2) is 36.4 Å². The number of nitrogens with one attached hydrogen (secondary N) is 1. The van der Waals surface area contributed by atoms with Crippen molar-refractivity contribution in [1.29, 1.82) is 0 Å². The first-order chi connectivity index (χ1) is 9.04. The second kappa shape index (κ2) is 5.42. The first-order valence-corrected chi connectivity index (χ1v) is 5.70. The minimum absolute atomic E-state index is 0.228. The van der Waals surface area contributed by atoms with E-state index in [0.29, 0.717) is 11.1 Å². The normalized spacial score (nSPS) is 12.5. The molecule has 1 unspecified atom stereocenters. The van der Waals surface area contributed by atoms with Gasteiger partial charge in [-0.3, -0.25) is 5.84 Å². The molecular formula is C14H13F3N2. The Balaban J connectivity index is 2.53. The summed E-state index contributed by atoms with van der Waals surface area (Å²) in [4.78, 5) is 0. The Morgan fingerprint density at radius 2 is 1.63 bits per heavy atom. The summed E-state index contributed by atoms with van der Waals surface area (Å²) in [5.41, 5.74) is 2.90. The number of rotatable bonds is 3. The summed E-state index contributed by atoms with van der Waals surface area (Å²) in [6, 6.07) is 6.91. The van der Waals surface area contributed by atoms with Gasteiger partial charge >= 0.3 is 0 Å². The summed E-state index contributed by atoms with van der Waals surface area (Å²) in [7, 11) is 0. The molecule has 0 radical (unpaired) electrons. The Bertz CT molecular complexity index is 579.